The fraction of sp³-hybridized carbons (Fsp3) is 0.0870. The lowest BCUT2D eigenvalue weighted by molar-refractivity contribution is -0.118. The summed E-state index contributed by atoms with van der Waals surface area (Å²) in [5.41, 5.74) is 1.44. The van der Waals surface area contributed by atoms with E-state index >= 15 is 0 Å². The summed E-state index contributed by atoms with van der Waals surface area (Å²) in [5, 5.41) is 14.9. The molecule has 0 bridgehead atoms. The summed E-state index contributed by atoms with van der Waals surface area (Å²) in [6, 6.07) is 18.7. The van der Waals surface area contributed by atoms with E-state index < -0.39 is 0 Å². The molecule has 0 atom stereocenters. The van der Waals surface area contributed by atoms with E-state index in [-0.39, 0.29) is 23.6 Å². The minimum atomic E-state index is -0.306. The fourth-order valence-corrected chi connectivity index (χ4v) is 3.85. The Labute approximate surface area is 182 Å². The second kappa shape index (κ2) is 8.93. The average Bonchev–Trinajstić information content (AvgIpc) is 3.09. The number of amidine groups is 1. The maximum Gasteiger partial charge on any atom is 0.264 e. The number of ether oxygens (including phenoxy) is 2. The van der Waals surface area contributed by atoms with Gasteiger partial charge in [0.25, 0.3) is 11.8 Å². The van der Waals surface area contributed by atoms with Gasteiger partial charge in [-0.3, -0.25) is 15.0 Å². The number of methoxy groups -OCH3 is 1. The maximum atomic E-state index is 12.4. The normalized spacial score (nSPS) is 14.5. The molecule has 4 rings (SSSR count). The summed E-state index contributed by atoms with van der Waals surface area (Å²) in [6.45, 7) is -0.185. The van der Waals surface area contributed by atoms with E-state index in [2.05, 4.69) is 10.6 Å². The van der Waals surface area contributed by atoms with Crippen molar-refractivity contribution in [1.82, 2.24) is 5.32 Å². The van der Waals surface area contributed by atoms with Crippen LogP contribution in [0.2, 0.25) is 0 Å². The lowest BCUT2D eigenvalue weighted by Crippen LogP contribution is -2.20. The Morgan fingerprint density at radius 2 is 1.94 bits per heavy atom. The summed E-state index contributed by atoms with van der Waals surface area (Å²) in [7, 11) is 1.50. The molecule has 1 fully saturated rings. The number of hydrogen-bond donors (Lipinski definition) is 3. The van der Waals surface area contributed by atoms with Crippen LogP contribution >= 0.6 is 11.8 Å². The van der Waals surface area contributed by atoms with Gasteiger partial charge >= 0.3 is 0 Å². The van der Waals surface area contributed by atoms with Crippen molar-refractivity contribution in [2.45, 2.75) is 0 Å². The van der Waals surface area contributed by atoms with E-state index in [4.69, 9.17) is 14.9 Å². The Kier molecular flexibility index (Phi) is 5.90. The molecular formula is C23H19N3O4S. The van der Waals surface area contributed by atoms with Gasteiger partial charge in [0.05, 0.1) is 12.0 Å². The van der Waals surface area contributed by atoms with E-state index in [1.54, 1.807) is 24.3 Å². The molecule has 0 unspecified atom stereocenters. The molecule has 0 aliphatic carbocycles. The molecule has 1 saturated heterocycles. The summed E-state index contributed by atoms with van der Waals surface area (Å²) in [6.07, 6.45) is 1.67. The zero-order valence-corrected chi connectivity index (χ0v) is 17.4. The van der Waals surface area contributed by atoms with Crippen molar-refractivity contribution in [2.24, 2.45) is 0 Å². The largest absolute Gasteiger partial charge is 0.493 e. The summed E-state index contributed by atoms with van der Waals surface area (Å²) in [4.78, 5) is 24.6. The highest BCUT2D eigenvalue weighted by Crippen LogP contribution is 2.31. The third-order valence-corrected chi connectivity index (χ3v) is 5.40. The molecule has 0 radical (unpaired) electrons. The number of rotatable bonds is 6. The number of nitrogens with one attached hydrogen (secondary N) is 3. The van der Waals surface area contributed by atoms with Gasteiger partial charge in [-0.25, -0.2) is 0 Å². The van der Waals surface area contributed by atoms with Crippen molar-refractivity contribution in [3.05, 3.63) is 71.1 Å². The molecule has 0 aromatic heterocycles. The quantitative estimate of drug-likeness (QED) is 0.510. The first-order chi connectivity index (χ1) is 15.0. The Bertz CT molecular complexity index is 1220. The van der Waals surface area contributed by atoms with Crippen molar-refractivity contribution >= 4 is 51.3 Å². The highest BCUT2D eigenvalue weighted by molar-refractivity contribution is 8.18. The van der Waals surface area contributed by atoms with Gasteiger partial charge in [-0.1, -0.05) is 42.5 Å². The second-order valence-electron chi connectivity index (χ2n) is 6.67. The molecular weight excluding hydrogens is 414 g/mol. The molecule has 1 heterocycles. The van der Waals surface area contributed by atoms with Gasteiger partial charge in [0, 0.05) is 11.1 Å². The Morgan fingerprint density at radius 1 is 1.13 bits per heavy atom. The number of anilines is 1. The van der Waals surface area contributed by atoms with Crippen molar-refractivity contribution in [1.29, 1.82) is 5.41 Å². The molecule has 7 nitrogen and oxygen atoms in total. The van der Waals surface area contributed by atoms with Crippen LogP contribution in [0.15, 0.2) is 65.6 Å². The third kappa shape index (κ3) is 4.70. The van der Waals surface area contributed by atoms with Crippen LogP contribution in [0.25, 0.3) is 16.8 Å². The lowest BCUT2D eigenvalue weighted by Gasteiger charge is -2.12. The highest BCUT2D eigenvalue weighted by Gasteiger charge is 2.22. The van der Waals surface area contributed by atoms with Gasteiger partial charge in [-0.05, 0) is 47.0 Å². The SMILES string of the molecule is COc1cc(/C=C2/SC(=N)NC2=O)ccc1OCC(=O)Nc1cccc2ccccc12. The first-order valence-electron chi connectivity index (χ1n) is 9.41. The molecule has 1 aliphatic rings. The van der Waals surface area contributed by atoms with Crippen LogP contribution in [-0.4, -0.2) is 30.7 Å². The van der Waals surface area contributed by atoms with E-state index in [9.17, 15) is 9.59 Å². The molecule has 156 valence electrons. The molecule has 3 N–H and O–H groups in total. The van der Waals surface area contributed by atoms with Crippen molar-refractivity contribution < 1.29 is 19.1 Å². The lowest BCUT2D eigenvalue weighted by atomic mass is 10.1. The molecule has 8 heteroatoms. The Hall–Kier alpha value is -3.78. The fourth-order valence-electron chi connectivity index (χ4n) is 3.15. The topological polar surface area (TPSA) is 101 Å². The number of amides is 2. The number of hydrogen-bond acceptors (Lipinski definition) is 6. The van der Waals surface area contributed by atoms with E-state index in [1.807, 2.05) is 42.5 Å². The predicted molar refractivity (Wildman–Crippen MR) is 123 cm³/mol. The number of carbonyl (C=O) groups excluding carboxylic acids is 2. The van der Waals surface area contributed by atoms with Crippen molar-refractivity contribution in [2.75, 3.05) is 19.0 Å². The van der Waals surface area contributed by atoms with Crippen LogP contribution in [0, 0.1) is 5.41 Å². The van der Waals surface area contributed by atoms with Crippen LogP contribution in [0.3, 0.4) is 0 Å². The Balaban J connectivity index is 1.44. The number of fused-ring (bicyclic) bond motifs is 1. The van der Waals surface area contributed by atoms with Gasteiger partial charge < -0.3 is 20.1 Å². The maximum absolute atomic E-state index is 12.4. The number of carbonyl (C=O) groups is 2. The van der Waals surface area contributed by atoms with Crippen molar-refractivity contribution in [3.8, 4) is 11.5 Å². The van der Waals surface area contributed by atoms with Crippen LogP contribution in [0.5, 0.6) is 11.5 Å². The molecule has 0 saturated carbocycles. The molecule has 2 amide bonds. The predicted octanol–water partition coefficient (Wildman–Crippen LogP) is 4.00. The third-order valence-electron chi connectivity index (χ3n) is 4.57. The first-order valence-corrected chi connectivity index (χ1v) is 10.2. The minimum Gasteiger partial charge on any atom is -0.493 e. The zero-order valence-electron chi connectivity index (χ0n) is 16.6. The van der Waals surface area contributed by atoms with Gasteiger partial charge in [-0.2, -0.15) is 0 Å². The van der Waals surface area contributed by atoms with E-state index in [1.165, 1.54) is 7.11 Å². The van der Waals surface area contributed by atoms with Crippen LogP contribution in [0.4, 0.5) is 5.69 Å². The van der Waals surface area contributed by atoms with Gasteiger partial charge in [-0.15, -0.1) is 0 Å². The van der Waals surface area contributed by atoms with E-state index in [0.717, 1.165) is 33.8 Å². The standard InChI is InChI=1S/C23H19N3O4S/c1-29-19-11-14(12-20-22(28)26-23(24)31-20)9-10-18(19)30-13-21(27)25-17-8-4-6-15-5-2-3-7-16(15)17/h2-12H,13H2,1H3,(H,25,27)(H2,24,26,28)/b20-12+. The summed E-state index contributed by atoms with van der Waals surface area (Å²) in [5.74, 6) is 0.251. The summed E-state index contributed by atoms with van der Waals surface area (Å²) >= 11 is 1.06. The van der Waals surface area contributed by atoms with Crippen LogP contribution < -0.4 is 20.1 Å². The van der Waals surface area contributed by atoms with Crippen LogP contribution in [-0.2, 0) is 9.59 Å². The molecule has 31 heavy (non-hydrogen) atoms. The molecule has 1 aliphatic heterocycles. The zero-order chi connectivity index (χ0) is 21.8. The summed E-state index contributed by atoms with van der Waals surface area (Å²) < 4.78 is 11.0. The highest BCUT2D eigenvalue weighted by atomic mass is 32.2. The monoisotopic (exact) mass is 433 g/mol. The molecule has 3 aromatic rings. The van der Waals surface area contributed by atoms with E-state index in [0.29, 0.717) is 16.4 Å². The minimum absolute atomic E-state index is 0.0976. The van der Waals surface area contributed by atoms with Crippen LogP contribution in [0.1, 0.15) is 5.56 Å². The molecule has 0 spiro atoms. The average molecular weight is 433 g/mol. The number of benzene rings is 3. The van der Waals surface area contributed by atoms with Gasteiger partial charge in [0.1, 0.15) is 0 Å². The van der Waals surface area contributed by atoms with Gasteiger partial charge in [0.2, 0.25) is 0 Å². The van der Waals surface area contributed by atoms with Gasteiger partial charge in [0.15, 0.2) is 23.3 Å². The number of thioether (sulfide) groups is 1. The second-order valence-corrected chi connectivity index (χ2v) is 7.72. The molecule has 3 aromatic carbocycles. The first kappa shape index (κ1) is 20.5. The smallest absolute Gasteiger partial charge is 0.264 e. The Morgan fingerprint density at radius 3 is 2.71 bits per heavy atom. The van der Waals surface area contributed by atoms with Crippen molar-refractivity contribution in [3.63, 3.8) is 0 Å².